The van der Waals surface area contributed by atoms with E-state index < -0.39 is 6.04 Å². The molecule has 6 heteroatoms. The second-order valence-corrected chi connectivity index (χ2v) is 9.70. The van der Waals surface area contributed by atoms with Gasteiger partial charge in [0.05, 0.1) is 0 Å². The average Bonchev–Trinajstić information content (AvgIpc) is 2.95. The SMILES string of the molecule is CCCCNC(=O)[C@H](Cc1ccccc1)N(Cc1ccc(Cl)cc1)C(=O)COc1cccc2ccccc12. The molecule has 0 aliphatic rings. The van der Waals surface area contributed by atoms with E-state index in [1.54, 1.807) is 17.0 Å². The van der Waals surface area contributed by atoms with Gasteiger partial charge in [-0.25, -0.2) is 0 Å². The van der Waals surface area contributed by atoms with E-state index in [4.69, 9.17) is 16.3 Å². The van der Waals surface area contributed by atoms with Crippen molar-refractivity contribution in [3.05, 3.63) is 113 Å². The Morgan fingerprint density at radius 3 is 2.34 bits per heavy atom. The number of hydrogen-bond acceptors (Lipinski definition) is 3. The number of hydrogen-bond donors (Lipinski definition) is 1. The van der Waals surface area contributed by atoms with Gasteiger partial charge < -0.3 is 15.0 Å². The second-order valence-electron chi connectivity index (χ2n) is 9.26. The lowest BCUT2D eigenvalue weighted by atomic mass is 10.0. The predicted octanol–water partition coefficient (Wildman–Crippen LogP) is 6.43. The normalized spacial score (nSPS) is 11.6. The molecule has 0 radical (unpaired) electrons. The van der Waals surface area contributed by atoms with E-state index >= 15 is 0 Å². The lowest BCUT2D eigenvalue weighted by Crippen LogP contribution is -2.51. The lowest BCUT2D eigenvalue weighted by molar-refractivity contribution is -0.142. The zero-order chi connectivity index (χ0) is 26.7. The Bertz CT molecular complexity index is 1340. The second kappa shape index (κ2) is 13.6. The molecule has 1 N–H and O–H groups in total. The van der Waals surface area contributed by atoms with Gasteiger partial charge in [0.25, 0.3) is 5.91 Å². The van der Waals surface area contributed by atoms with Gasteiger partial charge in [0, 0.05) is 29.9 Å². The zero-order valence-electron chi connectivity index (χ0n) is 21.6. The first-order valence-corrected chi connectivity index (χ1v) is 13.4. The fourth-order valence-electron chi connectivity index (χ4n) is 4.39. The number of carbonyl (C=O) groups is 2. The van der Waals surface area contributed by atoms with Crippen LogP contribution in [0.3, 0.4) is 0 Å². The largest absolute Gasteiger partial charge is 0.483 e. The van der Waals surface area contributed by atoms with E-state index in [0.29, 0.717) is 23.7 Å². The van der Waals surface area contributed by atoms with Crippen molar-refractivity contribution >= 4 is 34.2 Å². The van der Waals surface area contributed by atoms with Crippen LogP contribution < -0.4 is 10.1 Å². The molecule has 5 nitrogen and oxygen atoms in total. The molecule has 0 fully saturated rings. The Morgan fingerprint density at radius 2 is 1.58 bits per heavy atom. The summed E-state index contributed by atoms with van der Waals surface area (Å²) in [5.74, 6) is 0.198. The molecule has 4 rings (SSSR count). The van der Waals surface area contributed by atoms with Gasteiger partial charge in [-0.1, -0.05) is 104 Å². The van der Waals surface area contributed by atoms with Gasteiger partial charge in [-0.05, 0) is 41.1 Å². The summed E-state index contributed by atoms with van der Waals surface area (Å²) >= 11 is 6.10. The fraction of sp³-hybridized carbons (Fsp3) is 0.250. The van der Waals surface area contributed by atoms with Crippen molar-refractivity contribution in [3.63, 3.8) is 0 Å². The number of nitrogens with zero attached hydrogens (tertiary/aromatic N) is 1. The van der Waals surface area contributed by atoms with E-state index in [1.165, 1.54) is 0 Å². The molecule has 0 heterocycles. The highest BCUT2D eigenvalue weighted by Gasteiger charge is 2.30. The van der Waals surface area contributed by atoms with Gasteiger partial charge in [-0.2, -0.15) is 0 Å². The van der Waals surface area contributed by atoms with Crippen LogP contribution in [0.25, 0.3) is 10.8 Å². The minimum absolute atomic E-state index is 0.172. The Labute approximate surface area is 229 Å². The first kappa shape index (κ1) is 27.2. The van der Waals surface area contributed by atoms with E-state index in [0.717, 1.165) is 34.7 Å². The van der Waals surface area contributed by atoms with Crippen molar-refractivity contribution in [3.8, 4) is 5.75 Å². The molecule has 0 aliphatic carbocycles. The third-order valence-corrected chi connectivity index (χ3v) is 6.72. The molecule has 4 aromatic rings. The maximum Gasteiger partial charge on any atom is 0.261 e. The molecule has 0 saturated carbocycles. The molecule has 0 unspecified atom stereocenters. The van der Waals surface area contributed by atoms with Crippen molar-refractivity contribution in [2.75, 3.05) is 13.2 Å². The summed E-state index contributed by atoms with van der Waals surface area (Å²) in [6.45, 7) is 2.72. The lowest BCUT2D eigenvalue weighted by Gasteiger charge is -2.31. The van der Waals surface area contributed by atoms with Crippen LogP contribution in [0.15, 0.2) is 97.1 Å². The van der Waals surface area contributed by atoms with Gasteiger partial charge >= 0.3 is 0 Å². The number of ether oxygens (including phenoxy) is 1. The van der Waals surface area contributed by atoms with Crippen LogP contribution in [0.2, 0.25) is 5.02 Å². The average molecular weight is 529 g/mol. The standard InChI is InChI=1S/C32H33ClN2O3/c1-2-3-20-34-32(37)29(21-24-10-5-4-6-11-24)35(22-25-16-18-27(33)19-17-25)31(36)23-38-30-15-9-13-26-12-7-8-14-28(26)30/h4-19,29H,2-3,20-23H2,1H3,(H,34,37)/t29-/m0/s1. The highest BCUT2D eigenvalue weighted by atomic mass is 35.5. The quantitative estimate of drug-likeness (QED) is 0.216. The summed E-state index contributed by atoms with van der Waals surface area (Å²) in [6.07, 6.45) is 2.24. The molecular weight excluding hydrogens is 496 g/mol. The van der Waals surface area contributed by atoms with Crippen LogP contribution in [-0.2, 0) is 22.6 Å². The van der Waals surface area contributed by atoms with Crippen LogP contribution in [0.1, 0.15) is 30.9 Å². The van der Waals surface area contributed by atoms with Gasteiger partial charge in [0.2, 0.25) is 5.91 Å². The number of carbonyl (C=O) groups excluding carboxylic acids is 2. The summed E-state index contributed by atoms with van der Waals surface area (Å²) < 4.78 is 6.05. The minimum Gasteiger partial charge on any atom is -0.483 e. The summed E-state index contributed by atoms with van der Waals surface area (Å²) in [6, 6.07) is 30.1. The molecule has 0 bridgehead atoms. The summed E-state index contributed by atoms with van der Waals surface area (Å²) in [5, 5.41) is 5.62. The smallest absolute Gasteiger partial charge is 0.261 e. The van der Waals surface area contributed by atoms with E-state index in [-0.39, 0.29) is 25.0 Å². The van der Waals surface area contributed by atoms with Gasteiger partial charge in [0.1, 0.15) is 11.8 Å². The van der Waals surface area contributed by atoms with Crippen molar-refractivity contribution in [1.29, 1.82) is 0 Å². The Balaban J connectivity index is 1.62. The molecule has 4 aromatic carbocycles. The van der Waals surface area contributed by atoms with Crippen molar-refractivity contribution in [2.24, 2.45) is 0 Å². The Morgan fingerprint density at radius 1 is 0.868 bits per heavy atom. The van der Waals surface area contributed by atoms with Crippen LogP contribution >= 0.6 is 11.6 Å². The maximum atomic E-state index is 13.8. The fourth-order valence-corrected chi connectivity index (χ4v) is 4.52. The number of benzene rings is 4. The van der Waals surface area contributed by atoms with E-state index in [9.17, 15) is 9.59 Å². The first-order valence-electron chi connectivity index (χ1n) is 13.0. The summed E-state index contributed by atoms with van der Waals surface area (Å²) in [7, 11) is 0. The van der Waals surface area contributed by atoms with Crippen LogP contribution in [-0.4, -0.2) is 35.9 Å². The molecular formula is C32H33ClN2O3. The van der Waals surface area contributed by atoms with Crippen LogP contribution in [0, 0.1) is 0 Å². The molecule has 0 aromatic heterocycles. The third kappa shape index (κ3) is 7.36. The third-order valence-electron chi connectivity index (χ3n) is 6.47. The summed E-state index contributed by atoms with van der Waals surface area (Å²) in [4.78, 5) is 28.9. The number of amides is 2. The molecule has 2 amide bonds. The molecule has 38 heavy (non-hydrogen) atoms. The number of fused-ring (bicyclic) bond motifs is 1. The molecule has 196 valence electrons. The van der Waals surface area contributed by atoms with Crippen LogP contribution in [0.4, 0.5) is 0 Å². The van der Waals surface area contributed by atoms with Gasteiger partial charge in [0.15, 0.2) is 6.61 Å². The van der Waals surface area contributed by atoms with E-state index in [2.05, 4.69) is 12.2 Å². The maximum absolute atomic E-state index is 13.8. The number of halogens is 1. The van der Waals surface area contributed by atoms with Crippen molar-refractivity contribution < 1.29 is 14.3 Å². The first-order chi connectivity index (χ1) is 18.5. The van der Waals surface area contributed by atoms with Gasteiger partial charge in [-0.15, -0.1) is 0 Å². The van der Waals surface area contributed by atoms with Crippen LogP contribution in [0.5, 0.6) is 5.75 Å². The number of rotatable bonds is 12. The summed E-state index contributed by atoms with van der Waals surface area (Å²) in [5.41, 5.74) is 1.86. The topological polar surface area (TPSA) is 58.6 Å². The molecule has 0 aliphatic heterocycles. The van der Waals surface area contributed by atoms with Crippen molar-refractivity contribution in [2.45, 2.75) is 38.8 Å². The van der Waals surface area contributed by atoms with E-state index in [1.807, 2.05) is 84.9 Å². The minimum atomic E-state index is -0.700. The monoisotopic (exact) mass is 528 g/mol. The molecule has 0 spiro atoms. The number of nitrogens with one attached hydrogen (secondary N) is 1. The highest BCUT2D eigenvalue weighted by molar-refractivity contribution is 6.30. The highest BCUT2D eigenvalue weighted by Crippen LogP contribution is 2.25. The van der Waals surface area contributed by atoms with Crippen molar-refractivity contribution in [1.82, 2.24) is 10.2 Å². The molecule has 1 atom stereocenters. The molecule has 0 saturated heterocycles. The number of unbranched alkanes of at least 4 members (excludes halogenated alkanes) is 1. The Kier molecular flexibility index (Phi) is 9.77. The predicted molar refractivity (Wildman–Crippen MR) is 153 cm³/mol. The zero-order valence-corrected chi connectivity index (χ0v) is 22.4. The van der Waals surface area contributed by atoms with Gasteiger partial charge in [-0.3, -0.25) is 9.59 Å². The Hall–Kier alpha value is -3.83.